The molecule has 0 aliphatic heterocycles. The van der Waals surface area contributed by atoms with Gasteiger partial charge in [0.1, 0.15) is 11.6 Å². The average molecular weight is 266 g/mol. The van der Waals surface area contributed by atoms with E-state index in [1.165, 1.54) is 37.8 Å². The lowest BCUT2D eigenvalue weighted by atomic mass is 10.00. The van der Waals surface area contributed by atoms with Gasteiger partial charge < -0.3 is 0 Å². The average Bonchev–Trinajstić information content (AvgIpc) is 3.12. The summed E-state index contributed by atoms with van der Waals surface area (Å²) in [7, 11) is 0. The predicted octanol–water partition coefficient (Wildman–Crippen LogP) is 2.78. The van der Waals surface area contributed by atoms with Crippen molar-refractivity contribution in [2.24, 2.45) is 23.6 Å². The van der Waals surface area contributed by atoms with Crippen molar-refractivity contribution in [1.29, 1.82) is 0 Å². The van der Waals surface area contributed by atoms with E-state index >= 15 is 0 Å². The lowest BCUT2D eigenvalue weighted by molar-refractivity contribution is 0.429. The van der Waals surface area contributed by atoms with Gasteiger partial charge >= 0.3 is 0 Å². The van der Waals surface area contributed by atoms with Crippen LogP contribution >= 0.6 is 0 Å². The second-order valence-electron chi connectivity index (χ2n) is 5.90. The monoisotopic (exact) mass is 266 g/mol. The van der Waals surface area contributed by atoms with Crippen LogP contribution in [0.15, 0.2) is 18.2 Å². The van der Waals surface area contributed by atoms with E-state index in [0.717, 1.165) is 17.9 Å². The summed E-state index contributed by atoms with van der Waals surface area (Å²) >= 11 is 0. The SMILES string of the molecule is NNC(Cc1ccc(F)cc1F)C1C2CCCCC21. The zero-order chi connectivity index (χ0) is 13.4. The van der Waals surface area contributed by atoms with Crippen LogP contribution in [-0.2, 0) is 6.42 Å². The maximum absolute atomic E-state index is 13.7. The second-order valence-corrected chi connectivity index (χ2v) is 5.90. The summed E-state index contributed by atoms with van der Waals surface area (Å²) in [6.07, 6.45) is 5.71. The highest BCUT2D eigenvalue weighted by Crippen LogP contribution is 2.57. The zero-order valence-electron chi connectivity index (χ0n) is 10.9. The molecule has 3 unspecified atom stereocenters. The number of nitrogens with one attached hydrogen (secondary N) is 1. The van der Waals surface area contributed by atoms with Gasteiger partial charge in [-0.25, -0.2) is 8.78 Å². The summed E-state index contributed by atoms with van der Waals surface area (Å²) in [6, 6.07) is 3.89. The Labute approximate surface area is 112 Å². The third-order valence-corrected chi connectivity index (χ3v) is 4.86. The first-order valence-electron chi connectivity index (χ1n) is 7.10. The van der Waals surface area contributed by atoms with Crippen LogP contribution < -0.4 is 11.3 Å². The van der Waals surface area contributed by atoms with Crippen molar-refractivity contribution in [2.75, 3.05) is 0 Å². The summed E-state index contributed by atoms with van der Waals surface area (Å²) in [4.78, 5) is 0. The van der Waals surface area contributed by atoms with Crippen LogP contribution in [0.25, 0.3) is 0 Å². The van der Waals surface area contributed by atoms with Crippen LogP contribution in [0.4, 0.5) is 8.78 Å². The van der Waals surface area contributed by atoms with Gasteiger partial charge in [-0.15, -0.1) is 0 Å². The van der Waals surface area contributed by atoms with E-state index in [2.05, 4.69) is 5.43 Å². The van der Waals surface area contributed by atoms with Crippen LogP contribution in [0.2, 0.25) is 0 Å². The van der Waals surface area contributed by atoms with Crippen molar-refractivity contribution in [3.05, 3.63) is 35.4 Å². The molecule has 1 aromatic rings. The van der Waals surface area contributed by atoms with Crippen molar-refractivity contribution in [2.45, 2.75) is 38.1 Å². The summed E-state index contributed by atoms with van der Waals surface area (Å²) in [5.74, 6) is 6.74. The summed E-state index contributed by atoms with van der Waals surface area (Å²) in [5, 5.41) is 0. The molecule has 3 N–H and O–H groups in total. The Morgan fingerprint density at radius 1 is 1.21 bits per heavy atom. The van der Waals surface area contributed by atoms with Gasteiger partial charge in [0.25, 0.3) is 0 Å². The predicted molar refractivity (Wildman–Crippen MR) is 70.1 cm³/mol. The molecule has 0 aromatic heterocycles. The number of hydrogen-bond donors (Lipinski definition) is 2. The van der Waals surface area contributed by atoms with Gasteiger partial charge in [0.15, 0.2) is 0 Å². The number of hydrazine groups is 1. The maximum atomic E-state index is 13.7. The zero-order valence-corrected chi connectivity index (χ0v) is 10.9. The maximum Gasteiger partial charge on any atom is 0.129 e. The molecule has 1 aromatic carbocycles. The number of fused-ring (bicyclic) bond motifs is 1. The van der Waals surface area contributed by atoms with E-state index in [9.17, 15) is 8.78 Å². The highest BCUT2D eigenvalue weighted by molar-refractivity contribution is 5.21. The Morgan fingerprint density at radius 2 is 1.89 bits per heavy atom. The van der Waals surface area contributed by atoms with Gasteiger partial charge in [-0.05, 0) is 48.6 Å². The molecule has 3 rings (SSSR count). The molecule has 0 heterocycles. The normalized spacial score (nSPS) is 30.8. The Balaban J connectivity index is 1.70. The van der Waals surface area contributed by atoms with Crippen molar-refractivity contribution in [3.63, 3.8) is 0 Å². The van der Waals surface area contributed by atoms with Crippen molar-refractivity contribution < 1.29 is 8.78 Å². The smallest absolute Gasteiger partial charge is 0.129 e. The first kappa shape index (κ1) is 13.0. The molecule has 0 saturated heterocycles. The van der Waals surface area contributed by atoms with Gasteiger partial charge in [-0.3, -0.25) is 11.3 Å². The van der Waals surface area contributed by atoms with Crippen molar-refractivity contribution >= 4 is 0 Å². The molecule has 0 spiro atoms. The number of hydrogen-bond acceptors (Lipinski definition) is 2. The van der Waals surface area contributed by atoms with E-state index in [1.54, 1.807) is 0 Å². The minimum absolute atomic E-state index is 0.105. The Kier molecular flexibility index (Phi) is 3.54. The van der Waals surface area contributed by atoms with E-state index in [4.69, 9.17) is 5.84 Å². The summed E-state index contributed by atoms with van der Waals surface area (Å²) < 4.78 is 26.6. The molecule has 2 fully saturated rings. The molecular weight excluding hydrogens is 246 g/mol. The molecule has 0 radical (unpaired) electrons. The van der Waals surface area contributed by atoms with Gasteiger partial charge in [0.05, 0.1) is 0 Å². The van der Waals surface area contributed by atoms with E-state index in [0.29, 0.717) is 17.9 Å². The Hall–Kier alpha value is -1.00. The highest BCUT2D eigenvalue weighted by atomic mass is 19.1. The van der Waals surface area contributed by atoms with Crippen LogP contribution in [0, 0.1) is 29.4 Å². The molecule has 0 bridgehead atoms. The van der Waals surface area contributed by atoms with E-state index < -0.39 is 11.6 Å². The lowest BCUT2D eigenvalue weighted by Gasteiger charge is -2.16. The molecular formula is C15H20F2N2. The molecule has 2 aliphatic carbocycles. The third kappa shape index (κ3) is 2.51. The molecule has 2 nitrogen and oxygen atoms in total. The van der Waals surface area contributed by atoms with Crippen molar-refractivity contribution in [3.8, 4) is 0 Å². The fraction of sp³-hybridized carbons (Fsp3) is 0.600. The number of nitrogens with two attached hydrogens (primary N) is 1. The molecule has 2 saturated carbocycles. The highest BCUT2D eigenvalue weighted by Gasteiger charge is 2.53. The first-order valence-corrected chi connectivity index (χ1v) is 7.10. The standard InChI is InChI=1S/C15H20F2N2/c16-10-6-5-9(13(17)8-10)7-14(19-18)15-11-3-1-2-4-12(11)15/h5-6,8,11-12,14-15,19H,1-4,7,18H2. The quantitative estimate of drug-likeness (QED) is 0.649. The lowest BCUT2D eigenvalue weighted by Crippen LogP contribution is -2.39. The fourth-order valence-electron chi connectivity index (χ4n) is 3.87. The van der Waals surface area contributed by atoms with Crippen LogP contribution in [-0.4, -0.2) is 6.04 Å². The second kappa shape index (κ2) is 5.17. The minimum atomic E-state index is -0.529. The number of halogens is 2. The van der Waals surface area contributed by atoms with Gasteiger partial charge in [0, 0.05) is 12.1 Å². The molecule has 19 heavy (non-hydrogen) atoms. The minimum Gasteiger partial charge on any atom is -0.271 e. The molecule has 2 aliphatic rings. The van der Waals surface area contributed by atoms with Crippen LogP contribution in [0.5, 0.6) is 0 Å². The molecule has 0 amide bonds. The number of rotatable bonds is 4. The van der Waals surface area contributed by atoms with Gasteiger partial charge in [-0.1, -0.05) is 18.9 Å². The summed E-state index contributed by atoms with van der Waals surface area (Å²) in [5.41, 5.74) is 3.40. The Bertz CT molecular complexity index is 451. The van der Waals surface area contributed by atoms with Gasteiger partial charge in [-0.2, -0.15) is 0 Å². The Morgan fingerprint density at radius 3 is 2.47 bits per heavy atom. The van der Waals surface area contributed by atoms with Gasteiger partial charge in [0.2, 0.25) is 0 Å². The van der Waals surface area contributed by atoms with Crippen LogP contribution in [0.1, 0.15) is 31.2 Å². The summed E-state index contributed by atoms with van der Waals surface area (Å²) in [6.45, 7) is 0. The fourth-order valence-corrected chi connectivity index (χ4v) is 3.87. The topological polar surface area (TPSA) is 38.0 Å². The number of benzene rings is 1. The molecule has 104 valence electrons. The molecule has 3 atom stereocenters. The first-order chi connectivity index (χ1) is 9.20. The largest absolute Gasteiger partial charge is 0.271 e. The molecule has 4 heteroatoms. The van der Waals surface area contributed by atoms with Crippen molar-refractivity contribution in [1.82, 2.24) is 5.43 Å². The van der Waals surface area contributed by atoms with E-state index in [1.807, 2.05) is 0 Å². The van der Waals surface area contributed by atoms with Crippen LogP contribution in [0.3, 0.4) is 0 Å². The third-order valence-electron chi connectivity index (χ3n) is 4.86. The van der Waals surface area contributed by atoms with E-state index in [-0.39, 0.29) is 6.04 Å².